The van der Waals surface area contributed by atoms with Crippen molar-refractivity contribution < 1.29 is 22.6 Å². The summed E-state index contributed by atoms with van der Waals surface area (Å²) in [5.74, 6) is 0.329. The van der Waals surface area contributed by atoms with Crippen molar-refractivity contribution in [2.75, 3.05) is 50.0 Å². The third-order valence-electron chi connectivity index (χ3n) is 3.98. The second kappa shape index (κ2) is 8.92. The van der Waals surface area contributed by atoms with E-state index in [1.54, 1.807) is 6.20 Å². The molecule has 0 unspecified atom stereocenters. The highest BCUT2D eigenvalue weighted by Gasteiger charge is 2.30. The maximum Gasteiger partial charge on any atom is 0.573 e. The smallest absolute Gasteiger partial charge is 0.406 e. The molecule has 0 spiro atoms. The van der Waals surface area contributed by atoms with Crippen molar-refractivity contribution in [1.82, 2.24) is 9.88 Å². The molecule has 9 heteroatoms. The van der Waals surface area contributed by atoms with Gasteiger partial charge < -0.3 is 20.1 Å². The van der Waals surface area contributed by atoms with Gasteiger partial charge in [0.05, 0.1) is 13.2 Å². The summed E-state index contributed by atoms with van der Waals surface area (Å²) in [6.07, 6.45) is -3.03. The van der Waals surface area contributed by atoms with Gasteiger partial charge in [-0.3, -0.25) is 4.90 Å². The quantitative estimate of drug-likeness (QED) is 0.765. The van der Waals surface area contributed by atoms with Crippen LogP contribution in [0, 0.1) is 0 Å². The number of hydrogen-bond acceptors (Lipinski definition) is 6. The predicted octanol–water partition coefficient (Wildman–Crippen LogP) is 3.47. The molecule has 1 aromatic carbocycles. The Kier molecular flexibility index (Phi) is 6.36. The highest BCUT2D eigenvalue weighted by molar-refractivity contribution is 5.61. The first-order valence-corrected chi connectivity index (χ1v) is 8.61. The van der Waals surface area contributed by atoms with Crippen LogP contribution in [0.25, 0.3) is 0 Å². The van der Waals surface area contributed by atoms with Crippen molar-refractivity contribution in [2.45, 2.75) is 6.36 Å². The van der Waals surface area contributed by atoms with E-state index in [0.29, 0.717) is 11.5 Å². The Bertz CT molecular complexity index is 719. The first-order chi connectivity index (χ1) is 13.0. The molecule has 0 amide bonds. The van der Waals surface area contributed by atoms with Crippen molar-refractivity contribution in [3.63, 3.8) is 0 Å². The number of anilines is 3. The van der Waals surface area contributed by atoms with E-state index in [4.69, 9.17) is 4.74 Å². The summed E-state index contributed by atoms with van der Waals surface area (Å²) in [4.78, 5) is 6.56. The minimum Gasteiger partial charge on any atom is -0.406 e. The van der Waals surface area contributed by atoms with Crippen molar-refractivity contribution in [2.24, 2.45) is 0 Å². The van der Waals surface area contributed by atoms with Gasteiger partial charge in [-0.05, 0) is 30.3 Å². The number of halogens is 3. The van der Waals surface area contributed by atoms with Gasteiger partial charge in [0.2, 0.25) is 0 Å². The maximum atomic E-state index is 12.2. The SMILES string of the molecule is FC(F)(F)Oc1ccc(Nc2cc(NCCN3CCOCC3)ccn2)cc1. The molecule has 0 bridgehead atoms. The van der Waals surface area contributed by atoms with Crippen molar-refractivity contribution in [1.29, 1.82) is 0 Å². The second-order valence-electron chi connectivity index (χ2n) is 6.01. The van der Waals surface area contributed by atoms with E-state index in [-0.39, 0.29) is 5.75 Å². The molecule has 1 saturated heterocycles. The average Bonchev–Trinajstić information content (AvgIpc) is 2.63. The van der Waals surface area contributed by atoms with Crippen LogP contribution >= 0.6 is 0 Å². The van der Waals surface area contributed by atoms with E-state index in [1.807, 2.05) is 12.1 Å². The fourth-order valence-corrected chi connectivity index (χ4v) is 2.68. The van der Waals surface area contributed by atoms with Crippen LogP contribution < -0.4 is 15.4 Å². The third kappa shape index (κ3) is 6.61. The maximum absolute atomic E-state index is 12.2. The van der Waals surface area contributed by atoms with Gasteiger partial charge in [0, 0.05) is 49.8 Å². The summed E-state index contributed by atoms with van der Waals surface area (Å²) in [5, 5.41) is 6.40. The largest absolute Gasteiger partial charge is 0.573 e. The van der Waals surface area contributed by atoms with Crippen molar-refractivity contribution in [3.8, 4) is 5.75 Å². The van der Waals surface area contributed by atoms with Crippen LogP contribution in [0.5, 0.6) is 5.75 Å². The molecule has 0 atom stereocenters. The minimum absolute atomic E-state index is 0.264. The van der Waals surface area contributed by atoms with Gasteiger partial charge in [0.1, 0.15) is 11.6 Å². The normalized spacial score (nSPS) is 15.4. The molecule has 1 aromatic heterocycles. The molecule has 1 fully saturated rings. The Morgan fingerprint density at radius 1 is 1.07 bits per heavy atom. The highest BCUT2D eigenvalue weighted by atomic mass is 19.4. The van der Waals surface area contributed by atoms with Gasteiger partial charge in [-0.2, -0.15) is 0 Å². The lowest BCUT2D eigenvalue weighted by molar-refractivity contribution is -0.274. The zero-order valence-electron chi connectivity index (χ0n) is 14.6. The number of benzene rings is 1. The van der Waals surface area contributed by atoms with E-state index in [0.717, 1.165) is 45.1 Å². The van der Waals surface area contributed by atoms with E-state index in [2.05, 4.69) is 25.3 Å². The van der Waals surface area contributed by atoms with E-state index < -0.39 is 6.36 Å². The summed E-state index contributed by atoms with van der Waals surface area (Å²) in [7, 11) is 0. The van der Waals surface area contributed by atoms with Gasteiger partial charge in [0.15, 0.2) is 0 Å². The Hall–Kier alpha value is -2.52. The molecule has 3 rings (SSSR count). The van der Waals surface area contributed by atoms with Gasteiger partial charge in [-0.15, -0.1) is 13.2 Å². The fraction of sp³-hybridized carbons (Fsp3) is 0.389. The molecule has 2 aromatic rings. The number of nitrogens with zero attached hydrogens (tertiary/aromatic N) is 2. The second-order valence-corrected chi connectivity index (χ2v) is 6.01. The molecule has 1 aliphatic heterocycles. The minimum atomic E-state index is -4.70. The number of aromatic nitrogens is 1. The number of pyridine rings is 1. The molecule has 0 aliphatic carbocycles. The van der Waals surface area contributed by atoms with Gasteiger partial charge in [0.25, 0.3) is 0 Å². The molecule has 27 heavy (non-hydrogen) atoms. The van der Waals surface area contributed by atoms with E-state index >= 15 is 0 Å². The van der Waals surface area contributed by atoms with Crippen molar-refractivity contribution >= 4 is 17.2 Å². The number of nitrogens with one attached hydrogen (secondary N) is 2. The van der Waals surface area contributed by atoms with Crippen LogP contribution in [-0.2, 0) is 4.74 Å². The summed E-state index contributed by atoms with van der Waals surface area (Å²) >= 11 is 0. The number of hydrogen-bond donors (Lipinski definition) is 2. The molecular formula is C18H21F3N4O2. The van der Waals surface area contributed by atoms with Crippen LogP contribution in [0.1, 0.15) is 0 Å². The monoisotopic (exact) mass is 382 g/mol. The fourth-order valence-electron chi connectivity index (χ4n) is 2.68. The molecule has 2 heterocycles. The van der Waals surface area contributed by atoms with Gasteiger partial charge in [-0.25, -0.2) is 4.98 Å². The standard InChI is InChI=1S/C18H21F3N4O2/c19-18(20,21)27-16-3-1-14(2-4-16)24-17-13-15(5-6-23-17)22-7-8-25-9-11-26-12-10-25/h1-6,13H,7-12H2,(H2,22,23,24). The zero-order chi connectivity index (χ0) is 19.1. The Balaban J connectivity index is 1.51. The Morgan fingerprint density at radius 3 is 2.52 bits per heavy atom. The Morgan fingerprint density at radius 2 is 1.81 bits per heavy atom. The number of ether oxygens (including phenoxy) is 2. The molecule has 146 valence electrons. The van der Waals surface area contributed by atoms with Crippen LogP contribution in [0.3, 0.4) is 0 Å². The number of morpholine rings is 1. The van der Waals surface area contributed by atoms with Gasteiger partial charge >= 0.3 is 6.36 Å². The topological polar surface area (TPSA) is 58.7 Å². The molecule has 0 radical (unpaired) electrons. The lowest BCUT2D eigenvalue weighted by atomic mass is 10.3. The van der Waals surface area contributed by atoms with Crippen LogP contribution in [-0.4, -0.2) is 55.6 Å². The molecule has 2 N–H and O–H groups in total. The highest BCUT2D eigenvalue weighted by Crippen LogP contribution is 2.25. The van der Waals surface area contributed by atoms with Crippen molar-refractivity contribution in [3.05, 3.63) is 42.6 Å². The first kappa shape index (κ1) is 19.2. The zero-order valence-corrected chi connectivity index (χ0v) is 14.6. The Labute approximate surface area is 155 Å². The van der Waals surface area contributed by atoms with E-state index in [9.17, 15) is 13.2 Å². The molecule has 1 aliphatic rings. The van der Waals surface area contributed by atoms with E-state index in [1.165, 1.54) is 24.3 Å². The summed E-state index contributed by atoms with van der Waals surface area (Å²) in [6, 6.07) is 9.22. The lowest BCUT2D eigenvalue weighted by Crippen LogP contribution is -2.39. The third-order valence-corrected chi connectivity index (χ3v) is 3.98. The van der Waals surface area contributed by atoms with Crippen LogP contribution in [0.2, 0.25) is 0 Å². The molecular weight excluding hydrogens is 361 g/mol. The molecule has 6 nitrogen and oxygen atoms in total. The summed E-state index contributed by atoms with van der Waals surface area (Å²) in [6.45, 7) is 5.16. The lowest BCUT2D eigenvalue weighted by Gasteiger charge is -2.26. The predicted molar refractivity (Wildman–Crippen MR) is 96.4 cm³/mol. The average molecular weight is 382 g/mol. The molecule has 0 saturated carbocycles. The number of rotatable bonds is 7. The number of alkyl halides is 3. The summed E-state index contributed by atoms with van der Waals surface area (Å²) < 4.78 is 45.8. The van der Waals surface area contributed by atoms with Crippen LogP contribution in [0.15, 0.2) is 42.6 Å². The van der Waals surface area contributed by atoms with Crippen LogP contribution in [0.4, 0.5) is 30.4 Å². The summed E-state index contributed by atoms with van der Waals surface area (Å²) in [5.41, 5.74) is 1.53. The first-order valence-electron chi connectivity index (χ1n) is 8.61. The van der Waals surface area contributed by atoms with Gasteiger partial charge in [-0.1, -0.05) is 0 Å².